The molecule has 0 saturated carbocycles. The van der Waals surface area contributed by atoms with Crippen LogP contribution in [0, 0.1) is 11.3 Å². The highest BCUT2D eigenvalue weighted by molar-refractivity contribution is 5.81. The van der Waals surface area contributed by atoms with Gasteiger partial charge in [-0.25, -0.2) is 0 Å². The third kappa shape index (κ3) is 4.52. The summed E-state index contributed by atoms with van der Waals surface area (Å²) in [6.45, 7) is 12.6. The van der Waals surface area contributed by atoms with Crippen LogP contribution < -0.4 is 5.73 Å². The Hall–Kier alpha value is -0.570. The summed E-state index contributed by atoms with van der Waals surface area (Å²) in [6.07, 6.45) is 0.750. The number of likely N-dealkylation sites (N-methyl/N-ethyl adjacent to an activating group) is 1. The van der Waals surface area contributed by atoms with Crippen molar-refractivity contribution in [1.82, 2.24) is 4.90 Å². The summed E-state index contributed by atoms with van der Waals surface area (Å²) < 4.78 is 0. The Bertz CT molecular complexity index is 231. The Morgan fingerprint density at radius 2 is 1.69 bits per heavy atom. The zero-order chi connectivity index (χ0) is 13.1. The molecule has 2 N–H and O–H groups in total. The van der Waals surface area contributed by atoms with E-state index in [2.05, 4.69) is 41.5 Å². The molecule has 0 bridgehead atoms. The molecule has 0 heterocycles. The number of nitrogens with two attached hydrogens (primary N) is 1. The highest BCUT2D eigenvalue weighted by atomic mass is 16.2. The molecular weight excluding hydrogens is 200 g/mol. The number of carbonyl (C=O) groups is 1. The molecule has 2 atom stereocenters. The van der Waals surface area contributed by atoms with E-state index in [0.29, 0.717) is 5.92 Å². The molecule has 0 aromatic rings. The maximum atomic E-state index is 12.1. The van der Waals surface area contributed by atoms with Crippen LogP contribution in [0.3, 0.4) is 0 Å². The molecule has 0 saturated heterocycles. The van der Waals surface area contributed by atoms with Gasteiger partial charge in [0.1, 0.15) is 0 Å². The van der Waals surface area contributed by atoms with Gasteiger partial charge in [0.2, 0.25) is 5.91 Å². The van der Waals surface area contributed by atoms with Crippen LogP contribution in [0.1, 0.15) is 48.0 Å². The van der Waals surface area contributed by atoms with Crippen molar-refractivity contribution >= 4 is 5.91 Å². The van der Waals surface area contributed by atoms with E-state index in [0.717, 1.165) is 6.42 Å². The maximum Gasteiger partial charge on any atom is 0.239 e. The van der Waals surface area contributed by atoms with Gasteiger partial charge < -0.3 is 10.6 Å². The Morgan fingerprint density at radius 1 is 1.25 bits per heavy atom. The third-order valence-electron chi connectivity index (χ3n) is 3.22. The van der Waals surface area contributed by atoms with Gasteiger partial charge in [-0.1, -0.05) is 34.6 Å². The Kier molecular flexibility index (Phi) is 5.47. The van der Waals surface area contributed by atoms with Crippen LogP contribution in [0.2, 0.25) is 0 Å². The van der Waals surface area contributed by atoms with Crippen molar-refractivity contribution in [3.63, 3.8) is 0 Å². The van der Waals surface area contributed by atoms with Gasteiger partial charge in [0, 0.05) is 13.1 Å². The van der Waals surface area contributed by atoms with E-state index >= 15 is 0 Å². The zero-order valence-corrected chi connectivity index (χ0v) is 11.9. The summed E-state index contributed by atoms with van der Waals surface area (Å²) >= 11 is 0. The van der Waals surface area contributed by atoms with Gasteiger partial charge in [-0.15, -0.1) is 0 Å². The smallest absolute Gasteiger partial charge is 0.239 e. The number of hydrogen-bond donors (Lipinski definition) is 1. The van der Waals surface area contributed by atoms with E-state index in [4.69, 9.17) is 5.73 Å². The van der Waals surface area contributed by atoms with Crippen LogP contribution in [0.4, 0.5) is 0 Å². The topological polar surface area (TPSA) is 46.3 Å². The maximum absolute atomic E-state index is 12.1. The molecule has 96 valence electrons. The van der Waals surface area contributed by atoms with Crippen molar-refractivity contribution in [3.8, 4) is 0 Å². The van der Waals surface area contributed by atoms with E-state index < -0.39 is 0 Å². The fraction of sp³-hybridized carbons (Fsp3) is 0.923. The highest BCUT2D eigenvalue weighted by Crippen LogP contribution is 2.23. The lowest BCUT2D eigenvalue weighted by Gasteiger charge is -2.36. The predicted octanol–water partition coefficient (Wildman–Crippen LogP) is 2.25. The Balaban J connectivity index is 4.50. The summed E-state index contributed by atoms with van der Waals surface area (Å²) in [5.41, 5.74) is 5.99. The zero-order valence-electron chi connectivity index (χ0n) is 11.9. The molecule has 16 heavy (non-hydrogen) atoms. The highest BCUT2D eigenvalue weighted by Gasteiger charge is 2.29. The van der Waals surface area contributed by atoms with Gasteiger partial charge in [-0.05, 0) is 24.7 Å². The van der Waals surface area contributed by atoms with Crippen molar-refractivity contribution in [3.05, 3.63) is 0 Å². The number of rotatable bonds is 4. The molecule has 0 aromatic heterocycles. The molecular formula is C13H28N2O. The van der Waals surface area contributed by atoms with E-state index in [1.54, 1.807) is 4.90 Å². The first-order chi connectivity index (χ1) is 7.07. The van der Waals surface area contributed by atoms with Gasteiger partial charge in [-0.2, -0.15) is 0 Å². The number of amides is 1. The monoisotopic (exact) mass is 228 g/mol. The molecule has 0 spiro atoms. The minimum Gasteiger partial charge on any atom is -0.341 e. The molecule has 0 aliphatic heterocycles. The molecule has 0 fully saturated rings. The minimum atomic E-state index is -0.366. The summed E-state index contributed by atoms with van der Waals surface area (Å²) in [7, 11) is 1.85. The van der Waals surface area contributed by atoms with Crippen LogP contribution >= 0.6 is 0 Å². The quantitative estimate of drug-likeness (QED) is 0.802. The van der Waals surface area contributed by atoms with Crippen LogP contribution in [0.5, 0.6) is 0 Å². The predicted molar refractivity (Wildman–Crippen MR) is 69.1 cm³/mol. The van der Waals surface area contributed by atoms with Crippen molar-refractivity contribution in [2.45, 2.75) is 60.0 Å². The molecule has 0 aromatic carbocycles. The number of carbonyl (C=O) groups excluding carboxylic acids is 1. The van der Waals surface area contributed by atoms with Crippen molar-refractivity contribution in [1.29, 1.82) is 0 Å². The van der Waals surface area contributed by atoms with E-state index in [-0.39, 0.29) is 23.4 Å². The number of nitrogens with zero attached hydrogens (tertiary/aromatic N) is 1. The molecule has 1 amide bonds. The fourth-order valence-corrected chi connectivity index (χ4v) is 1.64. The second-order valence-electron chi connectivity index (χ2n) is 6.23. The summed E-state index contributed by atoms with van der Waals surface area (Å²) in [5.74, 6) is 0.508. The van der Waals surface area contributed by atoms with Gasteiger partial charge in [0.15, 0.2) is 0 Å². The van der Waals surface area contributed by atoms with Gasteiger partial charge in [-0.3, -0.25) is 4.79 Å². The van der Waals surface area contributed by atoms with Crippen LogP contribution in [-0.2, 0) is 4.79 Å². The summed E-state index contributed by atoms with van der Waals surface area (Å²) in [4.78, 5) is 13.9. The van der Waals surface area contributed by atoms with Crippen molar-refractivity contribution in [2.75, 3.05) is 7.05 Å². The molecule has 0 aliphatic carbocycles. The summed E-state index contributed by atoms with van der Waals surface area (Å²) in [6, 6.07) is -0.173. The van der Waals surface area contributed by atoms with Gasteiger partial charge >= 0.3 is 0 Å². The van der Waals surface area contributed by atoms with Crippen LogP contribution in [0.15, 0.2) is 0 Å². The Morgan fingerprint density at radius 3 is 2.00 bits per heavy atom. The molecule has 0 radical (unpaired) electrons. The third-order valence-corrected chi connectivity index (χ3v) is 3.22. The van der Waals surface area contributed by atoms with Gasteiger partial charge in [0.05, 0.1) is 6.04 Å². The van der Waals surface area contributed by atoms with Crippen LogP contribution in [0.25, 0.3) is 0 Å². The van der Waals surface area contributed by atoms with Gasteiger partial charge in [0.25, 0.3) is 0 Å². The minimum absolute atomic E-state index is 0.0520. The van der Waals surface area contributed by atoms with E-state index in [1.807, 2.05) is 7.05 Å². The average molecular weight is 228 g/mol. The van der Waals surface area contributed by atoms with E-state index in [1.165, 1.54) is 0 Å². The Labute approximate surface area is 100 Å². The normalized spacial score (nSPS) is 16.1. The lowest BCUT2D eigenvalue weighted by molar-refractivity contribution is -0.135. The van der Waals surface area contributed by atoms with Crippen molar-refractivity contribution < 1.29 is 4.79 Å². The van der Waals surface area contributed by atoms with Crippen molar-refractivity contribution in [2.24, 2.45) is 17.1 Å². The lowest BCUT2D eigenvalue weighted by atomic mass is 9.86. The standard InChI is InChI=1S/C13H28N2O/c1-9(2)8-11(14)12(16)15(7)10(3)13(4,5)6/h9-11H,8,14H2,1-7H3/t10?,11-/m0/s1. The van der Waals surface area contributed by atoms with Crippen LogP contribution in [-0.4, -0.2) is 29.9 Å². The fourth-order valence-electron chi connectivity index (χ4n) is 1.64. The lowest BCUT2D eigenvalue weighted by Crippen LogP contribution is -2.50. The molecule has 3 nitrogen and oxygen atoms in total. The molecule has 3 heteroatoms. The second kappa shape index (κ2) is 5.67. The molecule has 0 aliphatic rings. The molecule has 0 rings (SSSR count). The van der Waals surface area contributed by atoms with E-state index in [9.17, 15) is 4.79 Å². The summed E-state index contributed by atoms with van der Waals surface area (Å²) in [5, 5.41) is 0. The second-order valence-corrected chi connectivity index (χ2v) is 6.23. The largest absolute Gasteiger partial charge is 0.341 e. The first-order valence-corrected chi connectivity index (χ1v) is 6.09. The first-order valence-electron chi connectivity index (χ1n) is 6.09. The average Bonchev–Trinajstić information content (AvgIpc) is 2.11. The first kappa shape index (κ1) is 15.4. The number of hydrogen-bond acceptors (Lipinski definition) is 2. The SMILES string of the molecule is CC(C)C[C@H](N)C(=O)N(C)C(C)C(C)(C)C. The molecule has 1 unspecified atom stereocenters.